The number of nitrogen functional groups attached to an aromatic ring is 1. The van der Waals surface area contributed by atoms with Crippen molar-refractivity contribution in [3.63, 3.8) is 0 Å². The van der Waals surface area contributed by atoms with Crippen molar-refractivity contribution in [3.05, 3.63) is 53.6 Å². The van der Waals surface area contributed by atoms with Gasteiger partial charge in [0.2, 0.25) is 0 Å². The number of aryl methyl sites for hydroxylation is 1. The van der Waals surface area contributed by atoms with E-state index in [2.05, 4.69) is 31.3 Å². The van der Waals surface area contributed by atoms with E-state index in [1.807, 2.05) is 30.3 Å². The fraction of sp³-hybridized carbons (Fsp3) is 0.250. The number of nitrogens with two attached hydrogens (primary N) is 1. The van der Waals surface area contributed by atoms with E-state index in [0.717, 1.165) is 22.7 Å². The average Bonchev–Trinajstić information content (AvgIpc) is 2.42. The Morgan fingerprint density at radius 2 is 1.79 bits per heavy atom. The molecule has 0 heterocycles. The molecule has 0 spiro atoms. The molecule has 0 saturated heterocycles. The number of methoxy groups -OCH3 is 1. The first kappa shape index (κ1) is 13.3. The summed E-state index contributed by atoms with van der Waals surface area (Å²) in [5.41, 5.74) is 10.0. The van der Waals surface area contributed by atoms with Gasteiger partial charge in [0.15, 0.2) is 0 Å². The molecule has 3 nitrogen and oxygen atoms in total. The van der Waals surface area contributed by atoms with Crippen LogP contribution in [-0.2, 0) is 0 Å². The molecule has 3 heteroatoms. The zero-order valence-corrected chi connectivity index (χ0v) is 11.6. The zero-order chi connectivity index (χ0) is 13.8. The van der Waals surface area contributed by atoms with Gasteiger partial charge in [0.1, 0.15) is 5.75 Å². The Labute approximate surface area is 114 Å². The summed E-state index contributed by atoms with van der Waals surface area (Å²) in [6.45, 7) is 4.19. The Hall–Kier alpha value is -2.16. The van der Waals surface area contributed by atoms with E-state index in [1.165, 1.54) is 5.56 Å². The minimum Gasteiger partial charge on any atom is -0.497 e. The lowest BCUT2D eigenvalue weighted by molar-refractivity contribution is 0.414. The molecule has 19 heavy (non-hydrogen) atoms. The highest BCUT2D eigenvalue weighted by molar-refractivity contribution is 5.58. The topological polar surface area (TPSA) is 47.3 Å². The molecule has 0 aromatic heterocycles. The first-order valence-corrected chi connectivity index (χ1v) is 6.37. The largest absolute Gasteiger partial charge is 0.497 e. The summed E-state index contributed by atoms with van der Waals surface area (Å²) in [6, 6.07) is 14.2. The van der Waals surface area contributed by atoms with Gasteiger partial charge in [0.05, 0.1) is 7.11 Å². The van der Waals surface area contributed by atoms with E-state index in [9.17, 15) is 0 Å². The molecule has 2 aromatic rings. The molecule has 0 amide bonds. The highest BCUT2D eigenvalue weighted by atomic mass is 16.5. The van der Waals surface area contributed by atoms with Gasteiger partial charge in [-0.15, -0.1) is 0 Å². The standard InChI is InChI=1S/C16H20N2O/c1-11-10-14(17)6-9-16(11)18-12(2)13-4-7-15(19-3)8-5-13/h4-10,12,18H,17H2,1-3H3. The molecule has 1 unspecified atom stereocenters. The third-order valence-electron chi connectivity index (χ3n) is 3.24. The van der Waals surface area contributed by atoms with Gasteiger partial charge in [-0.3, -0.25) is 0 Å². The summed E-state index contributed by atoms with van der Waals surface area (Å²) in [7, 11) is 1.68. The Morgan fingerprint density at radius 3 is 2.37 bits per heavy atom. The van der Waals surface area contributed by atoms with Gasteiger partial charge in [0, 0.05) is 17.4 Å². The number of anilines is 2. The van der Waals surface area contributed by atoms with Crippen LogP contribution in [0.4, 0.5) is 11.4 Å². The van der Waals surface area contributed by atoms with Crippen LogP contribution in [-0.4, -0.2) is 7.11 Å². The minimum absolute atomic E-state index is 0.230. The highest BCUT2D eigenvalue weighted by Crippen LogP contribution is 2.24. The SMILES string of the molecule is COc1ccc(C(C)Nc2ccc(N)cc2C)cc1. The summed E-state index contributed by atoms with van der Waals surface area (Å²) < 4.78 is 5.17. The van der Waals surface area contributed by atoms with Crippen molar-refractivity contribution in [2.75, 3.05) is 18.2 Å². The van der Waals surface area contributed by atoms with E-state index >= 15 is 0 Å². The first-order chi connectivity index (χ1) is 9.10. The molecule has 1 atom stereocenters. The van der Waals surface area contributed by atoms with Crippen LogP contribution in [0.3, 0.4) is 0 Å². The van der Waals surface area contributed by atoms with Gasteiger partial charge in [0.25, 0.3) is 0 Å². The predicted octanol–water partition coefficient (Wildman–Crippen LogP) is 3.76. The molecule has 2 aromatic carbocycles. The van der Waals surface area contributed by atoms with Crippen molar-refractivity contribution in [2.45, 2.75) is 19.9 Å². The number of nitrogens with one attached hydrogen (secondary N) is 1. The second kappa shape index (κ2) is 5.65. The predicted molar refractivity (Wildman–Crippen MR) is 80.6 cm³/mol. The molecule has 0 fully saturated rings. The molecule has 0 aliphatic carbocycles. The summed E-state index contributed by atoms with van der Waals surface area (Å²) >= 11 is 0. The maximum absolute atomic E-state index is 5.76. The van der Waals surface area contributed by atoms with Crippen molar-refractivity contribution in [1.29, 1.82) is 0 Å². The van der Waals surface area contributed by atoms with Crippen LogP contribution < -0.4 is 15.8 Å². The third-order valence-corrected chi connectivity index (χ3v) is 3.24. The van der Waals surface area contributed by atoms with Crippen LogP contribution >= 0.6 is 0 Å². The zero-order valence-electron chi connectivity index (χ0n) is 11.6. The van der Waals surface area contributed by atoms with E-state index in [-0.39, 0.29) is 6.04 Å². The number of hydrogen-bond acceptors (Lipinski definition) is 3. The monoisotopic (exact) mass is 256 g/mol. The number of benzene rings is 2. The quantitative estimate of drug-likeness (QED) is 0.819. The first-order valence-electron chi connectivity index (χ1n) is 6.37. The molecule has 2 rings (SSSR count). The maximum atomic E-state index is 5.76. The highest BCUT2D eigenvalue weighted by Gasteiger charge is 2.07. The molecular formula is C16H20N2O. The van der Waals surface area contributed by atoms with Gasteiger partial charge in [-0.25, -0.2) is 0 Å². The van der Waals surface area contributed by atoms with Gasteiger partial charge in [-0.05, 0) is 55.3 Å². The Bertz CT molecular complexity index is 549. The van der Waals surface area contributed by atoms with E-state index in [0.29, 0.717) is 0 Å². The van der Waals surface area contributed by atoms with E-state index in [1.54, 1.807) is 7.11 Å². The Balaban J connectivity index is 2.13. The molecule has 0 saturated carbocycles. The van der Waals surface area contributed by atoms with Crippen LogP contribution in [0.1, 0.15) is 24.1 Å². The lowest BCUT2D eigenvalue weighted by Crippen LogP contribution is -2.07. The smallest absolute Gasteiger partial charge is 0.118 e. The molecule has 0 bridgehead atoms. The molecular weight excluding hydrogens is 236 g/mol. The van der Waals surface area contributed by atoms with Crippen molar-refractivity contribution >= 4 is 11.4 Å². The minimum atomic E-state index is 0.230. The maximum Gasteiger partial charge on any atom is 0.118 e. The fourth-order valence-corrected chi connectivity index (χ4v) is 2.06. The lowest BCUT2D eigenvalue weighted by Gasteiger charge is -2.18. The molecule has 0 aliphatic heterocycles. The Kier molecular flexibility index (Phi) is 3.95. The summed E-state index contributed by atoms with van der Waals surface area (Å²) in [4.78, 5) is 0. The Morgan fingerprint density at radius 1 is 1.11 bits per heavy atom. The second-order valence-electron chi connectivity index (χ2n) is 4.71. The van der Waals surface area contributed by atoms with E-state index < -0.39 is 0 Å². The van der Waals surface area contributed by atoms with Crippen molar-refractivity contribution in [3.8, 4) is 5.75 Å². The summed E-state index contributed by atoms with van der Waals surface area (Å²) in [5.74, 6) is 0.875. The second-order valence-corrected chi connectivity index (χ2v) is 4.71. The van der Waals surface area contributed by atoms with Crippen molar-refractivity contribution in [2.24, 2.45) is 0 Å². The molecule has 100 valence electrons. The van der Waals surface area contributed by atoms with E-state index in [4.69, 9.17) is 10.5 Å². The van der Waals surface area contributed by atoms with Gasteiger partial charge in [-0.1, -0.05) is 12.1 Å². The number of hydrogen-bond donors (Lipinski definition) is 2. The van der Waals surface area contributed by atoms with Gasteiger partial charge >= 0.3 is 0 Å². The third kappa shape index (κ3) is 3.19. The van der Waals surface area contributed by atoms with Crippen molar-refractivity contribution < 1.29 is 4.74 Å². The number of rotatable bonds is 4. The van der Waals surface area contributed by atoms with Crippen LogP contribution in [0.5, 0.6) is 5.75 Å². The molecule has 0 radical (unpaired) electrons. The average molecular weight is 256 g/mol. The fourth-order valence-electron chi connectivity index (χ4n) is 2.06. The summed E-state index contributed by atoms with van der Waals surface area (Å²) in [6.07, 6.45) is 0. The van der Waals surface area contributed by atoms with Crippen LogP contribution in [0.25, 0.3) is 0 Å². The van der Waals surface area contributed by atoms with Crippen LogP contribution in [0.15, 0.2) is 42.5 Å². The normalized spacial score (nSPS) is 11.9. The van der Waals surface area contributed by atoms with Crippen molar-refractivity contribution in [1.82, 2.24) is 0 Å². The van der Waals surface area contributed by atoms with Gasteiger partial charge in [-0.2, -0.15) is 0 Å². The number of ether oxygens (including phenoxy) is 1. The molecule has 0 aliphatic rings. The molecule has 3 N–H and O–H groups in total. The van der Waals surface area contributed by atoms with Crippen LogP contribution in [0.2, 0.25) is 0 Å². The van der Waals surface area contributed by atoms with Crippen LogP contribution in [0, 0.1) is 6.92 Å². The lowest BCUT2D eigenvalue weighted by atomic mass is 10.1. The summed E-state index contributed by atoms with van der Waals surface area (Å²) in [5, 5.41) is 3.49. The van der Waals surface area contributed by atoms with Gasteiger partial charge < -0.3 is 15.8 Å².